The van der Waals surface area contributed by atoms with Crippen molar-refractivity contribution in [3.8, 4) is 0 Å². The average Bonchev–Trinajstić information content (AvgIpc) is 2.13. The molecular formula is C7H16N3O3-. The van der Waals surface area contributed by atoms with Gasteiger partial charge >= 0.3 is 0 Å². The summed E-state index contributed by atoms with van der Waals surface area (Å²) < 4.78 is 0. The van der Waals surface area contributed by atoms with Gasteiger partial charge in [0.1, 0.15) is 0 Å². The molecule has 0 aromatic rings. The molecule has 6 heteroatoms. The van der Waals surface area contributed by atoms with Crippen LogP contribution in [0.1, 0.15) is 20.3 Å². The molecule has 0 amide bonds. The van der Waals surface area contributed by atoms with Gasteiger partial charge in [0, 0.05) is 19.2 Å². The Hall–Kier alpha value is -0.660. The van der Waals surface area contributed by atoms with Crippen molar-refractivity contribution >= 4 is 0 Å². The minimum atomic E-state index is -0.292. The van der Waals surface area contributed by atoms with Crippen molar-refractivity contribution in [2.24, 2.45) is 5.90 Å². The van der Waals surface area contributed by atoms with E-state index in [9.17, 15) is 5.21 Å². The highest BCUT2D eigenvalue weighted by molar-refractivity contribution is 4.97. The minimum Gasteiger partial charge on any atom is -0.736 e. The minimum absolute atomic E-state index is 0.117. The Labute approximate surface area is 77.7 Å². The smallest absolute Gasteiger partial charge is 0.0835 e. The van der Waals surface area contributed by atoms with Gasteiger partial charge in [-0.2, -0.15) is 5.90 Å². The molecule has 0 aliphatic rings. The summed E-state index contributed by atoms with van der Waals surface area (Å²) in [5, 5.41) is 13.3. The van der Waals surface area contributed by atoms with Crippen LogP contribution in [0.4, 0.5) is 0 Å². The summed E-state index contributed by atoms with van der Waals surface area (Å²) in [6, 6.07) is 0. The molecular weight excluding hydrogens is 174 g/mol. The van der Waals surface area contributed by atoms with E-state index in [4.69, 9.17) is 0 Å². The van der Waals surface area contributed by atoms with Crippen LogP contribution in [0.25, 0.3) is 0 Å². The van der Waals surface area contributed by atoms with E-state index < -0.39 is 0 Å². The van der Waals surface area contributed by atoms with Gasteiger partial charge in [0.2, 0.25) is 0 Å². The van der Waals surface area contributed by atoms with Crippen LogP contribution >= 0.6 is 0 Å². The largest absolute Gasteiger partial charge is 0.736 e. The maximum atomic E-state index is 10.5. The van der Waals surface area contributed by atoms with Crippen molar-refractivity contribution in [2.45, 2.75) is 26.4 Å². The molecule has 0 aliphatic heterocycles. The van der Waals surface area contributed by atoms with Crippen molar-refractivity contribution in [3.05, 3.63) is 17.0 Å². The molecule has 0 radical (unpaired) electrons. The molecule has 0 aliphatic carbocycles. The van der Waals surface area contributed by atoms with Gasteiger partial charge in [0.05, 0.1) is 6.10 Å². The third kappa shape index (κ3) is 5.56. The number of nitrogens with one attached hydrogen (secondary N) is 1. The third-order valence-electron chi connectivity index (χ3n) is 1.53. The molecule has 0 saturated carbocycles. The Morgan fingerprint density at radius 1 is 1.77 bits per heavy atom. The summed E-state index contributed by atoms with van der Waals surface area (Å²) in [6.45, 7) is 3.64. The van der Waals surface area contributed by atoms with E-state index in [1.807, 2.05) is 13.0 Å². The monoisotopic (exact) mass is 190 g/mol. The highest BCUT2D eigenvalue weighted by Crippen LogP contribution is 2.06. The Kier molecular flexibility index (Phi) is 6.47. The van der Waals surface area contributed by atoms with Crippen molar-refractivity contribution in [1.82, 2.24) is 10.7 Å². The summed E-state index contributed by atoms with van der Waals surface area (Å²) in [7, 11) is 1.80. The molecule has 3 N–H and O–H groups in total. The third-order valence-corrected chi connectivity index (χ3v) is 1.53. The van der Waals surface area contributed by atoms with Crippen LogP contribution in [0.3, 0.4) is 0 Å². The fourth-order valence-corrected chi connectivity index (χ4v) is 0.883. The van der Waals surface area contributed by atoms with Crippen LogP contribution < -0.4 is 11.2 Å². The molecule has 1 atom stereocenters. The summed E-state index contributed by atoms with van der Waals surface area (Å²) in [5.74, 6) is 4.57. The van der Waals surface area contributed by atoms with E-state index >= 15 is 0 Å². The predicted molar refractivity (Wildman–Crippen MR) is 48.5 cm³/mol. The SMILES string of the molecule is C/C=C(/CC(C)ON([O-])ON)NC. The first-order valence-corrected chi connectivity index (χ1v) is 3.97. The molecule has 0 aromatic carbocycles. The number of nitrogens with zero attached hydrogens (tertiary/aromatic N) is 1. The number of allylic oxidation sites excluding steroid dienone is 1. The first kappa shape index (κ1) is 12.3. The lowest BCUT2D eigenvalue weighted by molar-refractivity contribution is -0.356. The number of rotatable bonds is 6. The van der Waals surface area contributed by atoms with E-state index in [1.54, 1.807) is 14.0 Å². The van der Waals surface area contributed by atoms with Crippen LogP contribution in [-0.2, 0) is 9.78 Å². The Morgan fingerprint density at radius 2 is 2.38 bits per heavy atom. The second-order valence-corrected chi connectivity index (χ2v) is 2.51. The standard InChI is InChI=1S/C7H16N3O3/c1-4-7(9-3)5-6(2)12-10(11)13-8/h4,6,9H,5,8H2,1-3H3/q-1/b7-4-. The van der Waals surface area contributed by atoms with E-state index in [2.05, 4.69) is 21.0 Å². The number of hydrogen-bond donors (Lipinski definition) is 2. The summed E-state index contributed by atoms with van der Waals surface area (Å²) in [5.41, 5.74) is 0.984. The quantitative estimate of drug-likeness (QED) is 0.591. The van der Waals surface area contributed by atoms with Gasteiger partial charge in [-0.3, -0.25) is 4.84 Å². The van der Waals surface area contributed by atoms with E-state index in [0.29, 0.717) is 6.42 Å². The molecule has 0 bridgehead atoms. The molecule has 1 unspecified atom stereocenters. The van der Waals surface area contributed by atoms with Gasteiger partial charge in [-0.15, -0.1) is 5.39 Å². The molecule has 0 fully saturated rings. The molecule has 0 heterocycles. The normalized spacial score (nSPS) is 14.8. The fraction of sp³-hybridized carbons (Fsp3) is 0.714. The van der Waals surface area contributed by atoms with Crippen LogP contribution in [-0.4, -0.2) is 18.5 Å². The molecule has 6 nitrogen and oxygen atoms in total. The first-order valence-electron chi connectivity index (χ1n) is 3.97. The van der Waals surface area contributed by atoms with E-state index in [1.165, 1.54) is 0 Å². The molecule has 0 saturated heterocycles. The Morgan fingerprint density at radius 3 is 2.77 bits per heavy atom. The molecule has 78 valence electrons. The molecule has 0 rings (SSSR count). The maximum absolute atomic E-state index is 10.5. The fourth-order valence-electron chi connectivity index (χ4n) is 0.883. The average molecular weight is 190 g/mol. The van der Waals surface area contributed by atoms with Crippen molar-refractivity contribution in [1.29, 1.82) is 0 Å². The van der Waals surface area contributed by atoms with Crippen LogP contribution in [0.15, 0.2) is 11.8 Å². The van der Waals surface area contributed by atoms with Crippen LogP contribution in [0.2, 0.25) is 0 Å². The van der Waals surface area contributed by atoms with Crippen molar-refractivity contribution in [3.63, 3.8) is 0 Å². The van der Waals surface area contributed by atoms with Crippen molar-refractivity contribution < 1.29 is 9.78 Å². The van der Waals surface area contributed by atoms with Gasteiger partial charge in [-0.05, 0) is 13.8 Å². The zero-order valence-electron chi connectivity index (χ0n) is 8.11. The molecule has 13 heavy (non-hydrogen) atoms. The highest BCUT2D eigenvalue weighted by Gasteiger charge is 2.05. The highest BCUT2D eigenvalue weighted by atomic mass is 17.2. The first-order chi connectivity index (χ1) is 6.13. The lowest BCUT2D eigenvalue weighted by atomic mass is 10.2. The van der Waals surface area contributed by atoms with Gasteiger partial charge in [0.15, 0.2) is 0 Å². The number of nitrogens with two attached hydrogens (primary N) is 1. The van der Waals surface area contributed by atoms with E-state index in [0.717, 1.165) is 5.70 Å². The van der Waals surface area contributed by atoms with Crippen LogP contribution in [0.5, 0.6) is 0 Å². The van der Waals surface area contributed by atoms with Gasteiger partial charge < -0.3 is 10.5 Å². The summed E-state index contributed by atoms with van der Waals surface area (Å²) in [4.78, 5) is 8.47. The van der Waals surface area contributed by atoms with Crippen molar-refractivity contribution in [2.75, 3.05) is 7.05 Å². The predicted octanol–water partition coefficient (Wildman–Crippen LogP) is 0.425. The van der Waals surface area contributed by atoms with Gasteiger partial charge in [-0.1, -0.05) is 6.08 Å². The van der Waals surface area contributed by atoms with E-state index in [-0.39, 0.29) is 11.5 Å². The topological polar surface area (TPSA) is 82.8 Å². The maximum Gasteiger partial charge on any atom is 0.0835 e. The molecule has 0 spiro atoms. The Bertz CT molecular complexity index is 163. The zero-order chi connectivity index (χ0) is 10.3. The number of hydrogen-bond acceptors (Lipinski definition) is 6. The van der Waals surface area contributed by atoms with Gasteiger partial charge in [0.25, 0.3) is 0 Å². The lowest BCUT2D eigenvalue weighted by Crippen LogP contribution is -2.27. The summed E-state index contributed by atoms with van der Waals surface area (Å²) in [6.07, 6.45) is 2.20. The second kappa shape index (κ2) is 6.81. The zero-order valence-corrected chi connectivity index (χ0v) is 8.11. The molecule has 0 aromatic heterocycles. The lowest BCUT2D eigenvalue weighted by Gasteiger charge is -2.26. The summed E-state index contributed by atoms with van der Waals surface area (Å²) >= 11 is 0. The van der Waals surface area contributed by atoms with Crippen LogP contribution in [0, 0.1) is 5.21 Å². The van der Waals surface area contributed by atoms with Gasteiger partial charge in [-0.25, -0.2) is 4.94 Å². The second-order valence-electron chi connectivity index (χ2n) is 2.51. The Balaban J connectivity index is 3.79.